The summed E-state index contributed by atoms with van der Waals surface area (Å²) in [6.45, 7) is 1.67. The van der Waals surface area contributed by atoms with Crippen molar-refractivity contribution in [2.45, 2.75) is 25.5 Å². The van der Waals surface area contributed by atoms with Crippen molar-refractivity contribution in [1.29, 1.82) is 0 Å². The van der Waals surface area contributed by atoms with E-state index in [1.54, 1.807) is 12.5 Å². The molecule has 22 heavy (non-hydrogen) atoms. The molecule has 1 unspecified atom stereocenters. The van der Waals surface area contributed by atoms with Gasteiger partial charge in [0.15, 0.2) is 5.82 Å². The number of rotatable bonds is 4. The van der Waals surface area contributed by atoms with Gasteiger partial charge in [0.25, 0.3) is 0 Å². The average Bonchev–Trinajstić information content (AvgIpc) is 3.30. The predicted octanol–water partition coefficient (Wildman–Crippen LogP) is 3.38. The monoisotopic (exact) mass is 295 g/mol. The summed E-state index contributed by atoms with van der Waals surface area (Å²) in [6.07, 6.45) is 7.93. The number of hydrogen-bond acceptors (Lipinski definition) is 4. The van der Waals surface area contributed by atoms with Crippen LogP contribution >= 0.6 is 0 Å². The summed E-state index contributed by atoms with van der Waals surface area (Å²) in [5.41, 5.74) is 1.72. The number of aromatic nitrogens is 3. The van der Waals surface area contributed by atoms with Gasteiger partial charge < -0.3 is 13.7 Å². The van der Waals surface area contributed by atoms with Gasteiger partial charge in [-0.2, -0.15) is 0 Å². The Hall–Kier alpha value is -2.40. The maximum Gasteiger partial charge on any atom is 0.226 e. The Balaban J connectivity index is 1.60. The molecule has 5 heteroatoms. The normalized spacial score (nSPS) is 17.9. The zero-order chi connectivity index (χ0) is 14.8. The highest BCUT2D eigenvalue weighted by Gasteiger charge is 2.19. The Bertz CT molecular complexity index is 742. The highest BCUT2D eigenvalue weighted by atomic mass is 16.5. The first-order valence-corrected chi connectivity index (χ1v) is 7.54. The topological polar surface area (TPSA) is 53.1 Å². The summed E-state index contributed by atoms with van der Waals surface area (Å²) in [7, 11) is 0. The number of benzene rings is 1. The lowest BCUT2D eigenvalue weighted by Crippen LogP contribution is -2.15. The van der Waals surface area contributed by atoms with Crippen LogP contribution in [0.4, 0.5) is 0 Å². The van der Waals surface area contributed by atoms with Gasteiger partial charge in [-0.05, 0) is 25.0 Å². The first-order valence-electron chi connectivity index (χ1n) is 7.54. The molecule has 112 valence electrons. The van der Waals surface area contributed by atoms with Gasteiger partial charge in [0.05, 0.1) is 12.6 Å². The van der Waals surface area contributed by atoms with Crippen LogP contribution in [0.3, 0.4) is 0 Å². The summed E-state index contributed by atoms with van der Waals surface area (Å²) in [4.78, 5) is 8.99. The van der Waals surface area contributed by atoms with Crippen LogP contribution in [-0.4, -0.2) is 27.2 Å². The van der Waals surface area contributed by atoms with Crippen molar-refractivity contribution < 1.29 is 9.15 Å². The lowest BCUT2D eigenvalue weighted by Gasteiger charge is -2.11. The summed E-state index contributed by atoms with van der Waals surface area (Å²) >= 11 is 0. The van der Waals surface area contributed by atoms with Crippen molar-refractivity contribution in [3.8, 4) is 23.0 Å². The van der Waals surface area contributed by atoms with Gasteiger partial charge in [-0.25, -0.2) is 9.97 Å². The second-order valence-electron chi connectivity index (χ2n) is 5.44. The molecule has 1 aliphatic rings. The molecule has 5 nitrogen and oxygen atoms in total. The van der Waals surface area contributed by atoms with Gasteiger partial charge in [-0.1, -0.05) is 18.2 Å². The van der Waals surface area contributed by atoms with Crippen molar-refractivity contribution in [3.63, 3.8) is 0 Å². The predicted molar refractivity (Wildman–Crippen MR) is 82.1 cm³/mol. The van der Waals surface area contributed by atoms with Crippen LogP contribution in [0.15, 0.2) is 53.4 Å². The van der Waals surface area contributed by atoms with Gasteiger partial charge in [-0.15, -0.1) is 0 Å². The second-order valence-corrected chi connectivity index (χ2v) is 5.44. The molecule has 1 saturated heterocycles. The molecule has 1 aromatic carbocycles. The van der Waals surface area contributed by atoms with Crippen molar-refractivity contribution >= 4 is 0 Å². The Morgan fingerprint density at radius 3 is 2.95 bits per heavy atom. The molecule has 0 saturated carbocycles. The Morgan fingerprint density at radius 2 is 2.14 bits per heavy atom. The zero-order valence-electron chi connectivity index (χ0n) is 12.2. The third-order valence-electron chi connectivity index (χ3n) is 3.89. The smallest absolute Gasteiger partial charge is 0.226 e. The molecule has 0 spiro atoms. The fourth-order valence-electron chi connectivity index (χ4n) is 2.79. The van der Waals surface area contributed by atoms with Gasteiger partial charge in [0.2, 0.25) is 5.89 Å². The van der Waals surface area contributed by atoms with E-state index in [4.69, 9.17) is 9.15 Å². The average molecular weight is 295 g/mol. The van der Waals surface area contributed by atoms with Crippen molar-refractivity contribution in [2.24, 2.45) is 0 Å². The maximum atomic E-state index is 5.70. The van der Waals surface area contributed by atoms with E-state index in [2.05, 4.69) is 14.5 Å². The standard InChI is InChI=1S/C17H17N3O2/c1-2-5-13(6-3-1)17-19-15(12-22-17)16-18-8-9-20(16)11-14-7-4-10-21-14/h1-3,5-6,8-9,12,14H,4,7,10-11H2. The first kappa shape index (κ1) is 13.3. The lowest BCUT2D eigenvalue weighted by atomic mass is 10.2. The van der Waals surface area contributed by atoms with Crippen LogP contribution in [-0.2, 0) is 11.3 Å². The SMILES string of the molecule is c1ccc(-c2nc(-c3nccn3CC3CCCO3)co2)cc1. The molecule has 4 rings (SSSR count). The summed E-state index contributed by atoms with van der Waals surface area (Å²) in [5.74, 6) is 1.43. The van der Waals surface area contributed by atoms with Crippen LogP contribution in [0.25, 0.3) is 23.0 Å². The number of ether oxygens (including phenoxy) is 1. The quantitative estimate of drug-likeness (QED) is 0.740. The highest BCUT2D eigenvalue weighted by molar-refractivity contribution is 5.58. The molecular weight excluding hydrogens is 278 g/mol. The largest absolute Gasteiger partial charge is 0.444 e. The second kappa shape index (κ2) is 5.77. The summed E-state index contributed by atoms with van der Waals surface area (Å²) < 4.78 is 13.4. The van der Waals surface area contributed by atoms with E-state index in [1.807, 2.05) is 36.5 Å². The molecule has 3 heterocycles. The van der Waals surface area contributed by atoms with E-state index >= 15 is 0 Å². The highest BCUT2D eigenvalue weighted by Crippen LogP contribution is 2.24. The van der Waals surface area contributed by atoms with Crippen LogP contribution in [0.1, 0.15) is 12.8 Å². The molecule has 0 N–H and O–H groups in total. The van der Waals surface area contributed by atoms with E-state index in [0.29, 0.717) is 5.89 Å². The van der Waals surface area contributed by atoms with Crippen LogP contribution < -0.4 is 0 Å². The first-order chi connectivity index (χ1) is 10.9. The molecule has 0 bridgehead atoms. The third-order valence-corrected chi connectivity index (χ3v) is 3.89. The van der Waals surface area contributed by atoms with Crippen LogP contribution in [0, 0.1) is 0 Å². The molecule has 0 radical (unpaired) electrons. The minimum absolute atomic E-state index is 0.272. The summed E-state index contributed by atoms with van der Waals surface area (Å²) in [5, 5.41) is 0. The molecule has 1 fully saturated rings. The number of oxazole rings is 1. The molecule has 0 amide bonds. The fraction of sp³-hybridized carbons (Fsp3) is 0.294. The van der Waals surface area contributed by atoms with E-state index in [0.717, 1.165) is 43.1 Å². The van der Waals surface area contributed by atoms with Crippen LogP contribution in [0.2, 0.25) is 0 Å². The molecule has 1 aliphatic heterocycles. The molecule has 2 aromatic heterocycles. The van der Waals surface area contributed by atoms with Crippen LogP contribution in [0.5, 0.6) is 0 Å². The van der Waals surface area contributed by atoms with E-state index in [1.165, 1.54) is 0 Å². The van der Waals surface area contributed by atoms with Gasteiger partial charge in [-0.3, -0.25) is 0 Å². The minimum atomic E-state index is 0.272. The minimum Gasteiger partial charge on any atom is -0.444 e. The maximum absolute atomic E-state index is 5.70. The van der Waals surface area contributed by atoms with Crippen molar-refractivity contribution in [1.82, 2.24) is 14.5 Å². The number of imidazole rings is 1. The third kappa shape index (κ3) is 2.55. The number of hydrogen-bond donors (Lipinski definition) is 0. The van der Waals surface area contributed by atoms with Gasteiger partial charge >= 0.3 is 0 Å². The van der Waals surface area contributed by atoms with Crippen molar-refractivity contribution in [2.75, 3.05) is 6.61 Å². The Kier molecular flexibility index (Phi) is 3.48. The van der Waals surface area contributed by atoms with E-state index in [9.17, 15) is 0 Å². The zero-order valence-corrected chi connectivity index (χ0v) is 12.2. The molecular formula is C17H17N3O2. The lowest BCUT2D eigenvalue weighted by molar-refractivity contribution is 0.0973. The Morgan fingerprint density at radius 1 is 1.23 bits per heavy atom. The van der Waals surface area contributed by atoms with Crippen molar-refractivity contribution in [3.05, 3.63) is 49.0 Å². The van der Waals surface area contributed by atoms with E-state index < -0.39 is 0 Å². The van der Waals surface area contributed by atoms with Gasteiger partial charge in [0, 0.05) is 24.6 Å². The van der Waals surface area contributed by atoms with Gasteiger partial charge in [0.1, 0.15) is 12.0 Å². The fourth-order valence-corrected chi connectivity index (χ4v) is 2.79. The molecule has 3 aromatic rings. The Labute approximate surface area is 128 Å². The molecule has 1 atom stereocenters. The summed E-state index contributed by atoms with van der Waals surface area (Å²) in [6, 6.07) is 9.87. The number of nitrogens with zero attached hydrogens (tertiary/aromatic N) is 3. The molecule has 0 aliphatic carbocycles. The van der Waals surface area contributed by atoms with E-state index in [-0.39, 0.29) is 6.10 Å².